The molecule has 28 heavy (non-hydrogen) atoms. The summed E-state index contributed by atoms with van der Waals surface area (Å²) in [5.74, 6) is 1.57. The van der Waals surface area contributed by atoms with Crippen LogP contribution in [-0.4, -0.2) is 37.0 Å². The molecule has 150 valence electrons. The van der Waals surface area contributed by atoms with Crippen molar-refractivity contribution in [2.75, 3.05) is 17.8 Å². The summed E-state index contributed by atoms with van der Waals surface area (Å²) < 4.78 is 23.9. The number of nitrogens with zero attached hydrogens (tertiary/aromatic N) is 1. The molecule has 0 aromatic heterocycles. The summed E-state index contributed by atoms with van der Waals surface area (Å²) in [5, 5.41) is 0.709. The van der Waals surface area contributed by atoms with Gasteiger partial charge < -0.3 is 4.90 Å². The maximum Gasteiger partial charge on any atom is 0.255 e. The lowest BCUT2D eigenvalue weighted by Gasteiger charge is -2.18. The first-order valence-electron chi connectivity index (χ1n) is 8.94. The standard InChI is InChI=1S/C20H22ClNO3S3/c1-4-26-18-7-6-15(28(3,24)25)10-16(18)20(23)22-11-13-8-17(21)19(27-5-2)9-14(13)12-22/h6-10H,4-5,11-12H2,1-3H3. The van der Waals surface area contributed by atoms with Crippen LogP contribution in [0.5, 0.6) is 0 Å². The summed E-state index contributed by atoms with van der Waals surface area (Å²) >= 11 is 9.59. The van der Waals surface area contributed by atoms with Crippen LogP contribution >= 0.6 is 35.1 Å². The molecule has 0 saturated heterocycles. The molecule has 0 fully saturated rings. The Hall–Kier alpha value is -1.15. The van der Waals surface area contributed by atoms with Gasteiger partial charge in [-0.2, -0.15) is 0 Å². The summed E-state index contributed by atoms with van der Waals surface area (Å²) in [7, 11) is -3.39. The molecule has 2 aromatic carbocycles. The molecule has 0 radical (unpaired) electrons. The highest BCUT2D eigenvalue weighted by Crippen LogP contribution is 2.35. The number of halogens is 1. The Kier molecular flexibility index (Phi) is 6.69. The minimum Gasteiger partial charge on any atom is -0.330 e. The van der Waals surface area contributed by atoms with Crippen LogP contribution in [0.4, 0.5) is 0 Å². The topological polar surface area (TPSA) is 54.5 Å². The van der Waals surface area contributed by atoms with E-state index in [1.54, 1.807) is 28.8 Å². The van der Waals surface area contributed by atoms with Crippen molar-refractivity contribution in [3.63, 3.8) is 0 Å². The fourth-order valence-electron chi connectivity index (χ4n) is 3.17. The smallest absolute Gasteiger partial charge is 0.255 e. The van der Waals surface area contributed by atoms with E-state index in [1.807, 2.05) is 13.0 Å². The van der Waals surface area contributed by atoms with Crippen LogP contribution in [0.1, 0.15) is 35.3 Å². The lowest BCUT2D eigenvalue weighted by Crippen LogP contribution is -2.26. The number of amides is 1. The van der Waals surface area contributed by atoms with Crippen molar-refractivity contribution in [3.05, 3.63) is 52.0 Å². The summed E-state index contributed by atoms with van der Waals surface area (Å²) in [6.45, 7) is 5.06. The van der Waals surface area contributed by atoms with Gasteiger partial charge in [-0.1, -0.05) is 25.4 Å². The van der Waals surface area contributed by atoms with Crippen LogP contribution < -0.4 is 0 Å². The number of hydrogen-bond acceptors (Lipinski definition) is 5. The Morgan fingerprint density at radius 3 is 2.25 bits per heavy atom. The number of hydrogen-bond donors (Lipinski definition) is 0. The minimum atomic E-state index is -3.39. The van der Waals surface area contributed by atoms with E-state index in [-0.39, 0.29) is 10.8 Å². The fraction of sp³-hybridized carbons (Fsp3) is 0.350. The quantitative estimate of drug-likeness (QED) is 0.565. The predicted octanol–water partition coefficient (Wildman–Crippen LogP) is 5.12. The Morgan fingerprint density at radius 1 is 1.04 bits per heavy atom. The summed E-state index contributed by atoms with van der Waals surface area (Å²) in [6, 6.07) is 8.80. The maximum absolute atomic E-state index is 13.3. The van der Waals surface area contributed by atoms with Crippen LogP contribution in [0.3, 0.4) is 0 Å². The molecule has 0 atom stereocenters. The van der Waals surface area contributed by atoms with Gasteiger partial charge >= 0.3 is 0 Å². The van der Waals surface area contributed by atoms with E-state index >= 15 is 0 Å². The van der Waals surface area contributed by atoms with Gasteiger partial charge in [-0.3, -0.25) is 4.79 Å². The van der Waals surface area contributed by atoms with Gasteiger partial charge in [0, 0.05) is 29.1 Å². The zero-order valence-electron chi connectivity index (χ0n) is 16.0. The Labute approximate surface area is 179 Å². The first-order valence-corrected chi connectivity index (χ1v) is 13.2. The fourth-order valence-corrected chi connectivity index (χ4v) is 5.67. The second kappa shape index (κ2) is 8.69. The van der Waals surface area contributed by atoms with Crippen LogP contribution in [-0.2, 0) is 22.9 Å². The second-order valence-electron chi connectivity index (χ2n) is 6.51. The van der Waals surface area contributed by atoms with Gasteiger partial charge in [-0.25, -0.2) is 8.42 Å². The third kappa shape index (κ3) is 4.53. The van der Waals surface area contributed by atoms with E-state index in [0.29, 0.717) is 23.7 Å². The summed E-state index contributed by atoms with van der Waals surface area (Å²) in [5.41, 5.74) is 2.58. The molecule has 1 aliphatic rings. The van der Waals surface area contributed by atoms with Crippen LogP contribution in [0.25, 0.3) is 0 Å². The Balaban J connectivity index is 1.94. The van der Waals surface area contributed by atoms with Crippen molar-refractivity contribution in [1.82, 2.24) is 4.90 Å². The molecule has 0 spiro atoms. The van der Waals surface area contributed by atoms with Crippen molar-refractivity contribution < 1.29 is 13.2 Å². The molecule has 3 rings (SSSR count). The van der Waals surface area contributed by atoms with Crippen LogP contribution in [0, 0.1) is 0 Å². The molecule has 8 heteroatoms. The molecule has 0 aliphatic carbocycles. The Morgan fingerprint density at radius 2 is 1.64 bits per heavy atom. The van der Waals surface area contributed by atoms with Gasteiger partial charge in [0.05, 0.1) is 15.5 Å². The number of carbonyl (C=O) groups is 1. The van der Waals surface area contributed by atoms with Crippen LogP contribution in [0.15, 0.2) is 45.0 Å². The van der Waals surface area contributed by atoms with Gasteiger partial charge in [0.25, 0.3) is 5.91 Å². The highest BCUT2D eigenvalue weighted by Gasteiger charge is 2.27. The molecule has 0 unspecified atom stereocenters. The molecule has 0 bridgehead atoms. The molecular weight excluding hydrogens is 434 g/mol. The molecule has 1 heterocycles. The largest absolute Gasteiger partial charge is 0.330 e. The molecular formula is C20H22ClNO3S3. The van der Waals surface area contributed by atoms with E-state index < -0.39 is 9.84 Å². The van der Waals surface area contributed by atoms with Gasteiger partial charge in [0.15, 0.2) is 9.84 Å². The third-order valence-corrected chi connectivity index (χ3v) is 7.90. The average molecular weight is 456 g/mol. The molecule has 0 saturated carbocycles. The van der Waals surface area contributed by atoms with E-state index in [2.05, 4.69) is 13.0 Å². The molecule has 2 aromatic rings. The van der Waals surface area contributed by atoms with Crippen molar-refractivity contribution in [1.29, 1.82) is 0 Å². The van der Waals surface area contributed by atoms with Crippen LogP contribution in [0.2, 0.25) is 5.02 Å². The number of thioether (sulfide) groups is 2. The zero-order valence-corrected chi connectivity index (χ0v) is 19.2. The van der Waals surface area contributed by atoms with Crippen molar-refractivity contribution in [3.8, 4) is 0 Å². The monoisotopic (exact) mass is 455 g/mol. The number of benzene rings is 2. The number of carbonyl (C=O) groups excluding carboxylic acids is 1. The number of fused-ring (bicyclic) bond motifs is 1. The van der Waals surface area contributed by atoms with E-state index in [9.17, 15) is 13.2 Å². The highest BCUT2D eigenvalue weighted by molar-refractivity contribution is 7.99. The first-order chi connectivity index (χ1) is 13.2. The van der Waals surface area contributed by atoms with Gasteiger partial charge in [-0.15, -0.1) is 23.5 Å². The van der Waals surface area contributed by atoms with Crippen molar-refractivity contribution in [2.24, 2.45) is 0 Å². The van der Waals surface area contributed by atoms with E-state index in [0.717, 1.165) is 38.7 Å². The minimum absolute atomic E-state index is 0.154. The predicted molar refractivity (Wildman–Crippen MR) is 117 cm³/mol. The summed E-state index contributed by atoms with van der Waals surface area (Å²) in [6.07, 6.45) is 1.16. The lowest BCUT2D eigenvalue weighted by molar-refractivity contribution is 0.0747. The second-order valence-corrected chi connectivity index (χ2v) is 11.5. The van der Waals surface area contributed by atoms with Crippen molar-refractivity contribution in [2.45, 2.75) is 41.6 Å². The zero-order chi connectivity index (χ0) is 20.5. The lowest BCUT2D eigenvalue weighted by atomic mass is 10.1. The molecule has 4 nitrogen and oxygen atoms in total. The highest BCUT2D eigenvalue weighted by atomic mass is 35.5. The SMILES string of the molecule is CCSc1cc2c(cc1Cl)CN(C(=O)c1cc(S(C)(=O)=O)ccc1SCC)C2. The average Bonchev–Trinajstić information content (AvgIpc) is 3.04. The third-order valence-electron chi connectivity index (χ3n) is 4.47. The van der Waals surface area contributed by atoms with Crippen molar-refractivity contribution >= 4 is 50.9 Å². The van der Waals surface area contributed by atoms with Gasteiger partial charge in [-0.05, 0) is 53.0 Å². The number of rotatable bonds is 6. The number of sulfone groups is 1. The van der Waals surface area contributed by atoms with E-state index in [1.165, 1.54) is 17.8 Å². The first kappa shape index (κ1) is 21.6. The maximum atomic E-state index is 13.3. The Bertz CT molecular complexity index is 1020. The van der Waals surface area contributed by atoms with Gasteiger partial charge in [0.1, 0.15) is 0 Å². The van der Waals surface area contributed by atoms with E-state index in [4.69, 9.17) is 11.6 Å². The van der Waals surface area contributed by atoms with Gasteiger partial charge in [0.2, 0.25) is 0 Å². The molecule has 1 aliphatic heterocycles. The molecule has 1 amide bonds. The summed E-state index contributed by atoms with van der Waals surface area (Å²) in [4.78, 5) is 17.0. The molecule has 0 N–H and O–H groups in total. The normalized spacial score (nSPS) is 13.6.